The number of benzene rings is 1. The third-order valence-electron chi connectivity index (χ3n) is 2.41. The van der Waals surface area contributed by atoms with E-state index in [2.05, 4.69) is 38.0 Å². The van der Waals surface area contributed by atoms with E-state index in [0.717, 1.165) is 16.7 Å². The molecule has 0 aliphatic heterocycles. The van der Waals surface area contributed by atoms with Crippen molar-refractivity contribution in [2.75, 3.05) is 0 Å². The first-order valence-electron chi connectivity index (χ1n) is 8.22. The van der Waals surface area contributed by atoms with Crippen molar-refractivity contribution in [3.05, 3.63) is 71.8 Å². The van der Waals surface area contributed by atoms with Crippen molar-refractivity contribution >= 4 is 0 Å². The number of aryl methyl sites for hydroxylation is 1. The lowest BCUT2D eigenvalue weighted by Gasteiger charge is -1.97. The van der Waals surface area contributed by atoms with Crippen LogP contribution in [0.15, 0.2) is 60.7 Å². The van der Waals surface area contributed by atoms with E-state index in [4.69, 9.17) is 0 Å². The zero-order valence-corrected chi connectivity index (χ0v) is 15.9. The molecule has 0 N–H and O–H groups in total. The van der Waals surface area contributed by atoms with Crippen molar-refractivity contribution in [2.24, 2.45) is 0 Å². The number of hydrogen-bond donors (Lipinski definition) is 0. The molecule has 0 aliphatic carbocycles. The van der Waals surface area contributed by atoms with Gasteiger partial charge in [-0.25, -0.2) is 0 Å². The SMILES string of the molecule is C=C/C(C)=C(/C#Cc1ccccc1C)C=C.CC.CC.CC. The second kappa shape index (κ2) is 19.0. The van der Waals surface area contributed by atoms with Gasteiger partial charge in [-0.15, -0.1) is 0 Å². The Balaban J connectivity index is -0.000000535. The van der Waals surface area contributed by atoms with Crippen LogP contribution in [0.2, 0.25) is 0 Å². The van der Waals surface area contributed by atoms with Gasteiger partial charge in [0.15, 0.2) is 0 Å². The molecule has 0 saturated carbocycles. The molecule has 0 nitrogen and oxygen atoms in total. The van der Waals surface area contributed by atoms with Gasteiger partial charge in [-0.3, -0.25) is 0 Å². The van der Waals surface area contributed by atoms with Crippen LogP contribution in [0, 0.1) is 18.8 Å². The Labute approximate surface area is 139 Å². The molecule has 0 heteroatoms. The van der Waals surface area contributed by atoms with Gasteiger partial charge in [-0.1, -0.05) is 96.9 Å². The molecule has 0 fully saturated rings. The Bertz CT molecular complexity index is 490. The molecule has 0 spiro atoms. The second-order valence-electron chi connectivity index (χ2n) is 3.57. The molecule has 0 atom stereocenters. The van der Waals surface area contributed by atoms with Crippen LogP contribution in [0.1, 0.15) is 59.6 Å². The minimum Gasteiger partial charge on any atom is -0.0988 e. The molecule has 0 aliphatic rings. The molecule has 0 unspecified atom stereocenters. The molecular formula is C22H34. The van der Waals surface area contributed by atoms with Crippen LogP contribution in [0.3, 0.4) is 0 Å². The summed E-state index contributed by atoms with van der Waals surface area (Å²) < 4.78 is 0. The van der Waals surface area contributed by atoms with E-state index in [1.165, 1.54) is 5.56 Å². The summed E-state index contributed by atoms with van der Waals surface area (Å²) in [5, 5.41) is 0. The molecule has 0 aromatic heterocycles. The number of rotatable bonds is 2. The van der Waals surface area contributed by atoms with Crippen molar-refractivity contribution in [3.8, 4) is 11.8 Å². The molecule has 122 valence electrons. The maximum Gasteiger partial charge on any atom is 0.0278 e. The predicted octanol–water partition coefficient (Wildman–Crippen LogP) is 7.11. The van der Waals surface area contributed by atoms with Crippen LogP contribution in [-0.2, 0) is 0 Å². The predicted molar refractivity (Wildman–Crippen MR) is 105 cm³/mol. The van der Waals surface area contributed by atoms with Gasteiger partial charge >= 0.3 is 0 Å². The van der Waals surface area contributed by atoms with Crippen LogP contribution in [0.5, 0.6) is 0 Å². The average Bonchev–Trinajstić information content (AvgIpc) is 2.62. The Kier molecular flexibility index (Phi) is 21.6. The Morgan fingerprint density at radius 2 is 1.41 bits per heavy atom. The fraction of sp³-hybridized carbons (Fsp3) is 0.364. The molecule has 1 aromatic carbocycles. The van der Waals surface area contributed by atoms with Crippen molar-refractivity contribution in [1.29, 1.82) is 0 Å². The van der Waals surface area contributed by atoms with Crippen LogP contribution in [-0.4, -0.2) is 0 Å². The highest BCUT2D eigenvalue weighted by Crippen LogP contribution is 2.08. The van der Waals surface area contributed by atoms with Crippen LogP contribution < -0.4 is 0 Å². The van der Waals surface area contributed by atoms with E-state index in [-0.39, 0.29) is 0 Å². The summed E-state index contributed by atoms with van der Waals surface area (Å²) in [6.45, 7) is 23.5. The quantitative estimate of drug-likeness (QED) is 0.403. The Hall–Kier alpha value is -2.00. The highest BCUT2D eigenvalue weighted by molar-refractivity contribution is 5.50. The Morgan fingerprint density at radius 3 is 1.82 bits per heavy atom. The van der Waals surface area contributed by atoms with Gasteiger partial charge in [-0.05, 0) is 31.1 Å². The third kappa shape index (κ3) is 10.7. The topological polar surface area (TPSA) is 0 Å². The Morgan fingerprint density at radius 1 is 0.909 bits per heavy atom. The monoisotopic (exact) mass is 298 g/mol. The first kappa shape index (κ1) is 25.0. The zero-order chi connectivity index (χ0) is 18.0. The highest BCUT2D eigenvalue weighted by Gasteiger charge is 1.92. The van der Waals surface area contributed by atoms with Crippen LogP contribution in [0.25, 0.3) is 0 Å². The molecule has 1 aromatic rings. The van der Waals surface area contributed by atoms with Crippen molar-refractivity contribution < 1.29 is 0 Å². The van der Waals surface area contributed by atoms with Crippen molar-refractivity contribution in [1.82, 2.24) is 0 Å². The van der Waals surface area contributed by atoms with Gasteiger partial charge in [0.2, 0.25) is 0 Å². The van der Waals surface area contributed by atoms with Crippen LogP contribution in [0.4, 0.5) is 0 Å². The van der Waals surface area contributed by atoms with Gasteiger partial charge in [0, 0.05) is 11.1 Å². The first-order chi connectivity index (χ1) is 10.7. The van der Waals surface area contributed by atoms with Crippen LogP contribution >= 0.6 is 0 Å². The normalized spacial score (nSPS) is 8.73. The fourth-order valence-electron chi connectivity index (χ4n) is 1.27. The lowest BCUT2D eigenvalue weighted by atomic mass is 10.1. The van der Waals surface area contributed by atoms with E-state index in [0.29, 0.717) is 0 Å². The second-order valence-corrected chi connectivity index (χ2v) is 3.57. The molecule has 0 radical (unpaired) electrons. The maximum atomic E-state index is 3.76. The third-order valence-corrected chi connectivity index (χ3v) is 2.41. The smallest absolute Gasteiger partial charge is 0.0278 e. The van der Waals surface area contributed by atoms with Crippen molar-refractivity contribution in [3.63, 3.8) is 0 Å². The van der Waals surface area contributed by atoms with E-state index in [9.17, 15) is 0 Å². The molecule has 0 saturated heterocycles. The summed E-state index contributed by atoms with van der Waals surface area (Å²) in [4.78, 5) is 0. The first-order valence-corrected chi connectivity index (χ1v) is 8.22. The van der Waals surface area contributed by atoms with E-state index in [1.54, 1.807) is 12.2 Å². The summed E-state index contributed by atoms with van der Waals surface area (Å²) in [6.07, 6.45) is 3.56. The average molecular weight is 299 g/mol. The molecule has 1 rings (SSSR count). The summed E-state index contributed by atoms with van der Waals surface area (Å²) in [5.41, 5.74) is 4.22. The fourth-order valence-corrected chi connectivity index (χ4v) is 1.27. The van der Waals surface area contributed by atoms with Gasteiger partial charge < -0.3 is 0 Å². The summed E-state index contributed by atoms with van der Waals surface area (Å²) in [5.74, 6) is 6.27. The lowest BCUT2D eigenvalue weighted by Crippen LogP contribution is -1.82. The van der Waals surface area contributed by atoms with Gasteiger partial charge in [0.25, 0.3) is 0 Å². The molecule has 0 bridgehead atoms. The van der Waals surface area contributed by atoms with Gasteiger partial charge in [-0.2, -0.15) is 0 Å². The van der Waals surface area contributed by atoms with Crippen molar-refractivity contribution in [2.45, 2.75) is 55.4 Å². The van der Waals surface area contributed by atoms with E-state index < -0.39 is 0 Å². The minimum absolute atomic E-state index is 0.929. The number of allylic oxidation sites excluding steroid dienone is 4. The summed E-state index contributed by atoms with van der Waals surface area (Å²) in [6, 6.07) is 8.09. The van der Waals surface area contributed by atoms with Gasteiger partial charge in [0.05, 0.1) is 0 Å². The molecular weight excluding hydrogens is 264 g/mol. The number of hydrogen-bond acceptors (Lipinski definition) is 0. The zero-order valence-electron chi connectivity index (χ0n) is 15.9. The molecule has 0 heterocycles. The molecule has 22 heavy (non-hydrogen) atoms. The van der Waals surface area contributed by atoms with E-state index in [1.807, 2.05) is 66.7 Å². The minimum atomic E-state index is 0.929. The van der Waals surface area contributed by atoms with E-state index >= 15 is 0 Å². The summed E-state index contributed by atoms with van der Waals surface area (Å²) in [7, 11) is 0. The molecule has 0 amide bonds. The summed E-state index contributed by atoms with van der Waals surface area (Å²) >= 11 is 0. The lowest BCUT2D eigenvalue weighted by molar-refractivity contribution is 1.43. The maximum absolute atomic E-state index is 3.76. The highest BCUT2D eigenvalue weighted by atomic mass is 14.0. The largest absolute Gasteiger partial charge is 0.0988 e. The standard InChI is InChI=1S/C16H16.3C2H6/c1-5-13(3)15(6-2)11-12-16-10-8-7-9-14(16)4;3*1-2/h5-10H,1-2H2,3-4H3;3*1-2H3/b15-13+;;;. The van der Waals surface area contributed by atoms with Gasteiger partial charge in [0.1, 0.15) is 0 Å².